The van der Waals surface area contributed by atoms with Crippen molar-refractivity contribution < 1.29 is 23.0 Å². The number of alkyl halides is 3. The van der Waals surface area contributed by atoms with Gasteiger partial charge in [-0.15, -0.1) is 0 Å². The van der Waals surface area contributed by atoms with E-state index in [9.17, 15) is 18.3 Å². The highest BCUT2D eigenvalue weighted by Crippen LogP contribution is 2.20. The molecule has 0 spiro atoms. The van der Waals surface area contributed by atoms with Crippen LogP contribution in [0.4, 0.5) is 13.2 Å². The Morgan fingerprint density at radius 1 is 1.24 bits per heavy atom. The molecular weight excluding hydrogens is 235 g/mol. The van der Waals surface area contributed by atoms with E-state index >= 15 is 0 Å². The highest BCUT2D eigenvalue weighted by Gasteiger charge is 2.25. The van der Waals surface area contributed by atoms with Crippen LogP contribution in [-0.4, -0.2) is 42.7 Å². The van der Waals surface area contributed by atoms with Crippen LogP contribution in [0.5, 0.6) is 0 Å². The number of ether oxygens (including phenoxy) is 1. The van der Waals surface area contributed by atoms with Crippen molar-refractivity contribution in [3.63, 3.8) is 0 Å². The van der Waals surface area contributed by atoms with Gasteiger partial charge in [0, 0.05) is 13.0 Å². The monoisotopic (exact) mass is 257 g/mol. The van der Waals surface area contributed by atoms with Gasteiger partial charge in [0.15, 0.2) is 0 Å². The number of halogens is 3. The van der Waals surface area contributed by atoms with Gasteiger partial charge in [-0.3, -0.25) is 0 Å². The topological polar surface area (TPSA) is 41.5 Å². The molecule has 2 N–H and O–H groups in total. The van der Waals surface area contributed by atoms with E-state index in [2.05, 4.69) is 5.32 Å². The molecule has 1 atom stereocenters. The molecule has 0 aromatic heterocycles. The lowest BCUT2D eigenvalue weighted by molar-refractivity contribution is -0.135. The van der Waals surface area contributed by atoms with E-state index < -0.39 is 18.7 Å². The van der Waals surface area contributed by atoms with Crippen LogP contribution in [0, 0.1) is 0 Å². The minimum absolute atomic E-state index is 0.0242. The number of aliphatic hydroxyl groups excluding tert-OH is 1. The molecule has 0 rings (SSSR count). The van der Waals surface area contributed by atoms with Gasteiger partial charge >= 0.3 is 6.18 Å². The molecule has 104 valence electrons. The van der Waals surface area contributed by atoms with Crippen LogP contribution in [0.1, 0.15) is 33.6 Å². The van der Waals surface area contributed by atoms with Crippen LogP contribution in [0.25, 0.3) is 0 Å². The second-order valence-corrected chi connectivity index (χ2v) is 5.00. The molecule has 1 unspecified atom stereocenters. The van der Waals surface area contributed by atoms with Crippen LogP contribution < -0.4 is 5.32 Å². The molecule has 0 amide bonds. The molecule has 0 aliphatic heterocycles. The van der Waals surface area contributed by atoms with Crippen molar-refractivity contribution in [3.8, 4) is 0 Å². The summed E-state index contributed by atoms with van der Waals surface area (Å²) in [6.45, 7) is 6.28. The summed E-state index contributed by atoms with van der Waals surface area (Å²) >= 11 is 0. The van der Waals surface area contributed by atoms with Gasteiger partial charge < -0.3 is 15.2 Å². The Morgan fingerprint density at radius 3 is 2.29 bits per heavy atom. The van der Waals surface area contributed by atoms with E-state index in [4.69, 9.17) is 4.74 Å². The molecule has 0 heterocycles. The van der Waals surface area contributed by atoms with E-state index in [-0.39, 0.29) is 31.7 Å². The fraction of sp³-hybridized carbons (Fsp3) is 1.00. The smallest absolute Gasteiger partial charge is 0.389 e. The van der Waals surface area contributed by atoms with Gasteiger partial charge in [0.25, 0.3) is 0 Å². The molecule has 0 saturated heterocycles. The van der Waals surface area contributed by atoms with Crippen molar-refractivity contribution >= 4 is 0 Å². The third-order valence-electron chi connectivity index (χ3n) is 1.90. The number of hydrogen-bond acceptors (Lipinski definition) is 3. The molecule has 0 aliphatic rings. The lowest BCUT2D eigenvalue weighted by atomic mass is 10.2. The molecule has 0 aromatic rings. The van der Waals surface area contributed by atoms with Gasteiger partial charge in [0.05, 0.1) is 18.3 Å². The maximum atomic E-state index is 11.8. The summed E-state index contributed by atoms with van der Waals surface area (Å²) in [6, 6.07) is 0. The molecule has 0 saturated carbocycles. The first-order valence-corrected chi connectivity index (χ1v) is 5.70. The quantitative estimate of drug-likeness (QED) is 0.686. The molecule has 6 heteroatoms. The Labute approximate surface area is 100 Å². The highest BCUT2D eigenvalue weighted by molar-refractivity contribution is 4.64. The minimum atomic E-state index is -4.10. The zero-order valence-electron chi connectivity index (χ0n) is 10.6. The first-order valence-electron chi connectivity index (χ1n) is 5.70. The Morgan fingerprint density at radius 2 is 1.82 bits per heavy atom. The minimum Gasteiger partial charge on any atom is -0.389 e. The van der Waals surface area contributed by atoms with Gasteiger partial charge in [0.1, 0.15) is 0 Å². The maximum absolute atomic E-state index is 11.8. The number of rotatable bonds is 7. The molecule has 17 heavy (non-hydrogen) atoms. The van der Waals surface area contributed by atoms with Crippen molar-refractivity contribution in [2.45, 2.75) is 51.5 Å². The first kappa shape index (κ1) is 16.7. The highest BCUT2D eigenvalue weighted by atomic mass is 19.4. The molecular formula is C11H22F3NO2. The van der Waals surface area contributed by atoms with Gasteiger partial charge in [-0.25, -0.2) is 0 Å². The van der Waals surface area contributed by atoms with Crippen molar-refractivity contribution in [1.29, 1.82) is 0 Å². The van der Waals surface area contributed by atoms with Crippen molar-refractivity contribution in [2.24, 2.45) is 0 Å². The standard InChI is InChI=1S/C11H22F3NO2/c1-10(2,3)17-8-9(16)7-15-6-4-5-11(12,13)14/h9,15-16H,4-8H2,1-3H3. The zero-order chi connectivity index (χ0) is 13.5. The third kappa shape index (κ3) is 13.6. The normalized spacial score (nSPS) is 15.0. The van der Waals surface area contributed by atoms with Gasteiger partial charge in [-0.1, -0.05) is 0 Å². The van der Waals surface area contributed by atoms with Crippen LogP contribution in [-0.2, 0) is 4.74 Å². The third-order valence-corrected chi connectivity index (χ3v) is 1.90. The van der Waals surface area contributed by atoms with Crippen LogP contribution in [0.3, 0.4) is 0 Å². The Hall–Kier alpha value is -0.330. The summed E-state index contributed by atoms with van der Waals surface area (Å²) in [6.07, 6.45) is -5.57. The number of aliphatic hydroxyl groups is 1. The van der Waals surface area contributed by atoms with Crippen molar-refractivity contribution in [3.05, 3.63) is 0 Å². The predicted molar refractivity (Wildman–Crippen MR) is 59.9 cm³/mol. The van der Waals surface area contributed by atoms with E-state index in [0.717, 1.165) is 0 Å². The van der Waals surface area contributed by atoms with Crippen LogP contribution in [0.15, 0.2) is 0 Å². The van der Waals surface area contributed by atoms with Crippen molar-refractivity contribution in [2.75, 3.05) is 19.7 Å². The Bertz CT molecular complexity index is 202. The number of hydrogen-bond donors (Lipinski definition) is 2. The fourth-order valence-corrected chi connectivity index (χ4v) is 1.09. The van der Waals surface area contributed by atoms with Gasteiger partial charge in [-0.2, -0.15) is 13.2 Å². The summed E-state index contributed by atoms with van der Waals surface area (Å²) in [4.78, 5) is 0. The van der Waals surface area contributed by atoms with Crippen LogP contribution >= 0.6 is 0 Å². The van der Waals surface area contributed by atoms with Gasteiger partial charge in [-0.05, 0) is 33.7 Å². The summed E-state index contributed by atoms with van der Waals surface area (Å²) in [5, 5.41) is 12.2. The lowest BCUT2D eigenvalue weighted by Crippen LogP contribution is -2.34. The van der Waals surface area contributed by atoms with E-state index in [0.29, 0.717) is 0 Å². The average Bonchev–Trinajstić information content (AvgIpc) is 2.11. The van der Waals surface area contributed by atoms with E-state index in [1.165, 1.54) is 0 Å². The average molecular weight is 257 g/mol. The SMILES string of the molecule is CC(C)(C)OCC(O)CNCCCC(F)(F)F. The number of nitrogens with one attached hydrogen (secondary N) is 1. The second kappa shape index (κ2) is 7.18. The molecule has 0 aromatic carbocycles. The van der Waals surface area contributed by atoms with E-state index in [1.54, 1.807) is 0 Å². The summed E-state index contributed by atoms with van der Waals surface area (Å²) in [7, 11) is 0. The predicted octanol–water partition coefficient (Wildman–Crippen LogP) is 2.09. The Balaban J connectivity index is 3.43. The molecule has 0 fully saturated rings. The summed E-state index contributed by atoms with van der Waals surface area (Å²) in [5.41, 5.74) is -0.322. The molecule has 0 bridgehead atoms. The summed E-state index contributed by atoms with van der Waals surface area (Å²) < 4.78 is 40.7. The maximum Gasteiger partial charge on any atom is 0.389 e. The lowest BCUT2D eigenvalue weighted by Gasteiger charge is -2.22. The van der Waals surface area contributed by atoms with Gasteiger partial charge in [0.2, 0.25) is 0 Å². The summed E-state index contributed by atoms with van der Waals surface area (Å²) in [5.74, 6) is 0. The Kier molecular flexibility index (Phi) is 7.04. The molecule has 3 nitrogen and oxygen atoms in total. The first-order chi connectivity index (χ1) is 7.60. The fourth-order valence-electron chi connectivity index (χ4n) is 1.09. The van der Waals surface area contributed by atoms with Crippen molar-refractivity contribution in [1.82, 2.24) is 5.32 Å². The molecule has 0 radical (unpaired) electrons. The molecule has 0 aliphatic carbocycles. The van der Waals surface area contributed by atoms with E-state index in [1.807, 2.05) is 20.8 Å². The second-order valence-electron chi connectivity index (χ2n) is 5.00. The van der Waals surface area contributed by atoms with Crippen LogP contribution in [0.2, 0.25) is 0 Å². The zero-order valence-corrected chi connectivity index (χ0v) is 10.6. The largest absolute Gasteiger partial charge is 0.389 e.